The summed E-state index contributed by atoms with van der Waals surface area (Å²) < 4.78 is 0. The number of hydrogen-bond acceptors (Lipinski definition) is 3. The molecule has 92 valence electrons. The number of primary amides is 1. The molecule has 2 amide bonds. The van der Waals surface area contributed by atoms with Crippen molar-refractivity contribution in [2.75, 3.05) is 20.1 Å². The number of amides is 2. The third kappa shape index (κ3) is 4.18. The van der Waals surface area contributed by atoms with Crippen LogP contribution in [0.4, 0.5) is 0 Å². The van der Waals surface area contributed by atoms with Crippen LogP contribution in [0.5, 0.6) is 0 Å². The van der Waals surface area contributed by atoms with Gasteiger partial charge in [0.15, 0.2) is 0 Å². The minimum absolute atomic E-state index is 0.138. The molecule has 0 aromatic rings. The molecule has 5 nitrogen and oxygen atoms in total. The Kier molecular flexibility index (Phi) is 5.25. The molecule has 1 saturated carbocycles. The Hall–Kier alpha value is -1.10. The molecule has 1 fully saturated rings. The smallest absolute Gasteiger partial charge is 0.231 e. The van der Waals surface area contributed by atoms with Gasteiger partial charge in [-0.25, -0.2) is 0 Å². The van der Waals surface area contributed by atoms with Crippen molar-refractivity contribution >= 4 is 11.8 Å². The molecule has 1 aliphatic rings. The average Bonchev–Trinajstić information content (AvgIpc) is 2.28. The van der Waals surface area contributed by atoms with Crippen LogP contribution in [0.25, 0.3) is 0 Å². The topological polar surface area (TPSA) is 84.2 Å². The van der Waals surface area contributed by atoms with Gasteiger partial charge in [0.2, 0.25) is 11.8 Å². The second kappa shape index (κ2) is 6.48. The standard InChI is InChI=1S/C11H21N3O2/c1-13-11(16)9-4-2-3-8(5-9)6-14-7-10(12)15/h8-9,14H,2-7H2,1H3,(H2,12,15)(H,13,16)/t8?,9-/m0/s1. The lowest BCUT2D eigenvalue weighted by Gasteiger charge is -2.28. The predicted octanol–water partition coefficient (Wildman–Crippen LogP) is -0.386. The molecule has 0 heterocycles. The highest BCUT2D eigenvalue weighted by Crippen LogP contribution is 2.28. The van der Waals surface area contributed by atoms with Crippen molar-refractivity contribution in [3.63, 3.8) is 0 Å². The zero-order valence-electron chi connectivity index (χ0n) is 9.79. The van der Waals surface area contributed by atoms with Gasteiger partial charge in [-0.05, 0) is 31.7 Å². The van der Waals surface area contributed by atoms with Crippen molar-refractivity contribution in [3.8, 4) is 0 Å². The van der Waals surface area contributed by atoms with Crippen molar-refractivity contribution in [3.05, 3.63) is 0 Å². The van der Waals surface area contributed by atoms with E-state index in [9.17, 15) is 9.59 Å². The molecule has 0 radical (unpaired) electrons. The molecular weight excluding hydrogens is 206 g/mol. The van der Waals surface area contributed by atoms with Crippen LogP contribution < -0.4 is 16.4 Å². The van der Waals surface area contributed by atoms with Crippen molar-refractivity contribution in [1.82, 2.24) is 10.6 Å². The molecule has 1 aliphatic carbocycles. The third-order valence-electron chi connectivity index (χ3n) is 3.13. The fourth-order valence-electron chi connectivity index (χ4n) is 2.32. The number of rotatable bonds is 5. The molecule has 4 N–H and O–H groups in total. The van der Waals surface area contributed by atoms with E-state index in [2.05, 4.69) is 10.6 Å². The summed E-state index contributed by atoms with van der Waals surface area (Å²) in [7, 11) is 1.68. The Morgan fingerprint density at radius 3 is 2.75 bits per heavy atom. The highest BCUT2D eigenvalue weighted by atomic mass is 16.2. The maximum Gasteiger partial charge on any atom is 0.231 e. The molecule has 1 unspecified atom stereocenters. The average molecular weight is 227 g/mol. The van der Waals surface area contributed by atoms with Gasteiger partial charge in [-0.1, -0.05) is 6.42 Å². The van der Waals surface area contributed by atoms with Crippen molar-refractivity contribution in [2.24, 2.45) is 17.6 Å². The zero-order valence-corrected chi connectivity index (χ0v) is 9.79. The Bertz CT molecular complexity index is 256. The lowest BCUT2D eigenvalue weighted by Crippen LogP contribution is -2.36. The number of carbonyl (C=O) groups is 2. The fourth-order valence-corrected chi connectivity index (χ4v) is 2.32. The van der Waals surface area contributed by atoms with Crippen molar-refractivity contribution in [1.29, 1.82) is 0 Å². The van der Waals surface area contributed by atoms with E-state index in [1.165, 1.54) is 0 Å². The summed E-state index contributed by atoms with van der Waals surface area (Å²) in [6.07, 6.45) is 4.09. The summed E-state index contributed by atoms with van der Waals surface area (Å²) in [6, 6.07) is 0. The lowest BCUT2D eigenvalue weighted by atomic mass is 9.81. The molecule has 0 bridgehead atoms. The van der Waals surface area contributed by atoms with E-state index in [0.29, 0.717) is 5.92 Å². The molecule has 0 aromatic heterocycles. The maximum atomic E-state index is 11.5. The van der Waals surface area contributed by atoms with Gasteiger partial charge in [-0.15, -0.1) is 0 Å². The Morgan fingerprint density at radius 2 is 2.12 bits per heavy atom. The molecule has 0 spiro atoms. The van der Waals surface area contributed by atoms with Gasteiger partial charge in [0.1, 0.15) is 0 Å². The summed E-state index contributed by atoms with van der Waals surface area (Å²) in [5.74, 6) is 0.424. The summed E-state index contributed by atoms with van der Waals surface area (Å²) in [5, 5.41) is 5.72. The summed E-state index contributed by atoms with van der Waals surface area (Å²) >= 11 is 0. The van der Waals surface area contributed by atoms with Crippen LogP contribution in [-0.2, 0) is 9.59 Å². The van der Waals surface area contributed by atoms with Gasteiger partial charge in [0.25, 0.3) is 0 Å². The SMILES string of the molecule is CNC(=O)[C@H]1CCCC(CNCC(N)=O)C1. The minimum Gasteiger partial charge on any atom is -0.369 e. The molecule has 5 heteroatoms. The number of hydrogen-bond donors (Lipinski definition) is 3. The predicted molar refractivity (Wildman–Crippen MR) is 61.6 cm³/mol. The monoisotopic (exact) mass is 227 g/mol. The van der Waals surface area contributed by atoms with Crippen molar-refractivity contribution in [2.45, 2.75) is 25.7 Å². The van der Waals surface area contributed by atoms with Crippen LogP contribution in [0.3, 0.4) is 0 Å². The fraction of sp³-hybridized carbons (Fsp3) is 0.818. The highest BCUT2D eigenvalue weighted by molar-refractivity contribution is 5.78. The minimum atomic E-state index is -0.335. The van der Waals surface area contributed by atoms with Crippen LogP contribution >= 0.6 is 0 Å². The normalized spacial score (nSPS) is 25.1. The van der Waals surface area contributed by atoms with E-state index in [0.717, 1.165) is 32.2 Å². The van der Waals surface area contributed by atoms with Gasteiger partial charge in [0, 0.05) is 13.0 Å². The van der Waals surface area contributed by atoms with E-state index in [1.807, 2.05) is 0 Å². The molecule has 0 aliphatic heterocycles. The van der Waals surface area contributed by atoms with Gasteiger partial charge in [-0.2, -0.15) is 0 Å². The second-order valence-corrected chi connectivity index (χ2v) is 4.44. The molecule has 0 aromatic carbocycles. The summed E-state index contributed by atoms with van der Waals surface area (Å²) in [5.41, 5.74) is 5.04. The van der Waals surface area contributed by atoms with Crippen molar-refractivity contribution < 1.29 is 9.59 Å². The summed E-state index contributed by atoms with van der Waals surface area (Å²) in [6.45, 7) is 0.998. The summed E-state index contributed by atoms with van der Waals surface area (Å²) in [4.78, 5) is 22.0. The largest absolute Gasteiger partial charge is 0.369 e. The van der Waals surface area contributed by atoms with E-state index in [1.54, 1.807) is 7.05 Å². The molecule has 0 saturated heterocycles. The maximum absolute atomic E-state index is 11.5. The van der Waals surface area contributed by atoms with E-state index in [-0.39, 0.29) is 24.3 Å². The first-order valence-electron chi connectivity index (χ1n) is 5.84. The van der Waals surface area contributed by atoms with Crippen LogP contribution in [-0.4, -0.2) is 32.0 Å². The first-order chi connectivity index (χ1) is 7.63. The Labute approximate surface area is 96.1 Å². The second-order valence-electron chi connectivity index (χ2n) is 4.44. The molecule has 16 heavy (non-hydrogen) atoms. The van der Waals surface area contributed by atoms with E-state index in [4.69, 9.17) is 5.73 Å². The van der Waals surface area contributed by atoms with Crippen LogP contribution in [0.1, 0.15) is 25.7 Å². The lowest BCUT2D eigenvalue weighted by molar-refractivity contribution is -0.126. The van der Waals surface area contributed by atoms with Gasteiger partial charge >= 0.3 is 0 Å². The number of carbonyl (C=O) groups excluding carboxylic acids is 2. The van der Waals surface area contributed by atoms with Crippen LogP contribution in [0.2, 0.25) is 0 Å². The Balaban J connectivity index is 2.27. The number of nitrogens with two attached hydrogens (primary N) is 1. The first kappa shape index (κ1) is 13.0. The van der Waals surface area contributed by atoms with Gasteiger partial charge in [0.05, 0.1) is 6.54 Å². The first-order valence-corrected chi connectivity index (χ1v) is 5.84. The third-order valence-corrected chi connectivity index (χ3v) is 3.13. The quantitative estimate of drug-likeness (QED) is 0.598. The number of nitrogens with one attached hydrogen (secondary N) is 2. The Morgan fingerprint density at radius 1 is 1.38 bits per heavy atom. The van der Waals surface area contributed by atoms with E-state index < -0.39 is 0 Å². The van der Waals surface area contributed by atoms with Gasteiger partial charge in [-0.3, -0.25) is 9.59 Å². The molecule has 2 atom stereocenters. The molecular formula is C11H21N3O2. The van der Waals surface area contributed by atoms with Crippen LogP contribution in [0.15, 0.2) is 0 Å². The van der Waals surface area contributed by atoms with E-state index >= 15 is 0 Å². The van der Waals surface area contributed by atoms with Gasteiger partial charge < -0.3 is 16.4 Å². The molecule has 1 rings (SSSR count). The zero-order chi connectivity index (χ0) is 12.0. The highest BCUT2D eigenvalue weighted by Gasteiger charge is 2.26. The van der Waals surface area contributed by atoms with Crippen LogP contribution in [0, 0.1) is 11.8 Å².